The normalized spacial score (nSPS) is 47.7. The van der Waals surface area contributed by atoms with E-state index in [-0.39, 0.29) is 22.2 Å². The molecule has 0 amide bonds. The number of carbonyl (C=O) groups excluding carboxylic acids is 1. The van der Waals surface area contributed by atoms with Crippen LogP contribution in [-0.2, 0) is 16.1 Å². The predicted octanol–water partition coefficient (Wildman–Crippen LogP) is 4.46. The molecule has 10 atom stereocenters. The molecular formula is C29H41N3O3. The average Bonchev–Trinajstić information content (AvgIpc) is 3.35. The van der Waals surface area contributed by atoms with E-state index in [1.165, 1.54) is 32.1 Å². The van der Waals surface area contributed by atoms with Crippen molar-refractivity contribution in [1.82, 2.24) is 9.78 Å². The Balaban J connectivity index is 1.26. The second-order valence-corrected chi connectivity index (χ2v) is 13.5. The number of rotatable bonds is 6. The van der Waals surface area contributed by atoms with Crippen molar-refractivity contribution in [3.8, 4) is 6.07 Å². The Morgan fingerprint density at radius 2 is 2.06 bits per heavy atom. The van der Waals surface area contributed by atoms with Gasteiger partial charge in [-0.2, -0.15) is 10.4 Å². The summed E-state index contributed by atoms with van der Waals surface area (Å²) in [5.74, 6) is 4.37. The summed E-state index contributed by atoms with van der Waals surface area (Å²) in [6.45, 7) is 6.14. The first-order valence-electron chi connectivity index (χ1n) is 13.8. The summed E-state index contributed by atoms with van der Waals surface area (Å²) in [5, 5.41) is 23.5. The van der Waals surface area contributed by atoms with E-state index in [0.717, 1.165) is 25.9 Å². The number of aliphatic hydroxyl groups is 1. The quantitative estimate of drug-likeness (QED) is 0.651. The number of ether oxygens (including phenoxy) is 1. The molecular weight excluding hydrogens is 438 g/mol. The third kappa shape index (κ3) is 3.40. The number of ketones is 1. The molecule has 5 aliphatic carbocycles. The number of nitriles is 1. The van der Waals surface area contributed by atoms with E-state index in [0.29, 0.717) is 60.1 Å². The molecule has 0 spiro atoms. The molecule has 6 nitrogen and oxygen atoms in total. The zero-order valence-corrected chi connectivity index (χ0v) is 21.6. The van der Waals surface area contributed by atoms with Gasteiger partial charge in [-0.1, -0.05) is 13.8 Å². The number of hydrogen-bond acceptors (Lipinski definition) is 5. The summed E-state index contributed by atoms with van der Waals surface area (Å²) in [6, 6.07) is 3.76. The van der Waals surface area contributed by atoms with Crippen LogP contribution in [0.5, 0.6) is 0 Å². The third-order valence-electron chi connectivity index (χ3n) is 11.8. The van der Waals surface area contributed by atoms with Crippen molar-refractivity contribution < 1.29 is 14.6 Å². The lowest BCUT2D eigenvalue weighted by Gasteiger charge is -2.63. The molecule has 35 heavy (non-hydrogen) atoms. The largest absolute Gasteiger partial charge is 0.396 e. The van der Waals surface area contributed by atoms with E-state index < -0.39 is 0 Å². The smallest absolute Gasteiger partial charge is 0.162 e. The van der Waals surface area contributed by atoms with E-state index in [2.05, 4.69) is 25.0 Å². The van der Waals surface area contributed by atoms with Crippen LogP contribution in [0.1, 0.15) is 70.9 Å². The maximum absolute atomic E-state index is 13.7. The van der Waals surface area contributed by atoms with Gasteiger partial charge in [-0.05, 0) is 109 Å². The number of methoxy groups -OCH3 is 1. The van der Waals surface area contributed by atoms with Crippen LogP contribution >= 0.6 is 0 Å². The van der Waals surface area contributed by atoms with Crippen LogP contribution in [0.4, 0.5) is 0 Å². The second-order valence-electron chi connectivity index (χ2n) is 13.5. The summed E-state index contributed by atoms with van der Waals surface area (Å²) in [4.78, 5) is 13.7. The molecule has 0 aliphatic heterocycles. The van der Waals surface area contributed by atoms with E-state index in [1.807, 2.05) is 7.11 Å². The summed E-state index contributed by atoms with van der Waals surface area (Å²) in [7, 11) is 1.87. The Morgan fingerprint density at radius 3 is 2.77 bits per heavy atom. The van der Waals surface area contributed by atoms with Gasteiger partial charge in [0.25, 0.3) is 0 Å². The van der Waals surface area contributed by atoms with E-state index in [1.54, 1.807) is 16.9 Å². The zero-order chi connectivity index (χ0) is 24.6. The molecule has 5 aliphatic rings. The highest BCUT2D eigenvalue weighted by Crippen LogP contribution is 2.76. The minimum atomic E-state index is 0.0578. The van der Waals surface area contributed by atoms with Crippen molar-refractivity contribution in [1.29, 1.82) is 5.26 Å². The molecule has 6 heteroatoms. The number of carbonyl (C=O) groups is 1. The van der Waals surface area contributed by atoms with Gasteiger partial charge in [0.2, 0.25) is 0 Å². The van der Waals surface area contributed by atoms with Gasteiger partial charge in [0.1, 0.15) is 6.07 Å². The standard InChI is InChI=1S/C29H41N3O3/c1-27(16-33)9-10-29(17-35-3)18(13-27)4-5-20-23(29)6-8-28(2)25(20)21-12-22(21)26(28)24(34)15-32-11-7-19(14-30)31-32/h7,11,18,20-23,25-26,33H,4-6,8-10,12-13,15-17H2,1-3H3/t18-,20-,21?,22?,23+,25-,26?,27-,28+,29-/m1/s1. The summed E-state index contributed by atoms with van der Waals surface area (Å²) >= 11 is 0. The first-order chi connectivity index (χ1) is 16.8. The van der Waals surface area contributed by atoms with Crippen molar-refractivity contribution in [3.05, 3.63) is 18.0 Å². The van der Waals surface area contributed by atoms with Gasteiger partial charge in [0, 0.05) is 25.8 Å². The lowest BCUT2D eigenvalue weighted by atomic mass is 9.42. The number of aromatic nitrogens is 2. The van der Waals surface area contributed by atoms with Gasteiger partial charge >= 0.3 is 0 Å². The van der Waals surface area contributed by atoms with Crippen LogP contribution in [0.25, 0.3) is 0 Å². The summed E-state index contributed by atoms with van der Waals surface area (Å²) in [5.41, 5.74) is 0.764. The molecule has 1 aromatic heterocycles. The van der Waals surface area contributed by atoms with Crippen molar-refractivity contribution in [2.75, 3.05) is 20.3 Å². The minimum absolute atomic E-state index is 0.0578. The highest BCUT2D eigenvalue weighted by molar-refractivity contribution is 5.83. The lowest BCUT2D eigenvalue weighted by molar-refractivity contribution is -0.171. The fraction of sp³-hybridized carbons (Fsp3) is 0.828. The molecule has 6 rings (SSSR count). The molecule has 0 aromatic carbocycles. The van der Waals surface area contributed by atoms with Crippen molar-refractivity contribution in [3.63, 3.8) is 0 Å². The summed E-state index contributed by atoms with van der Waals surface area (Å²) < 4.78 is 7.62. The number of hydrogen-bond donors (Lipinski definition) is 1. The Hall–Kier alpha value is -1.71. The first-order valence-corrected chi connectivity index (χ1v) is 13.8. The van der Waals surface area contributed by atoms with E-state index in [9.17, 15) is 9.90 Å². The van der Waals surface area contributed by atoms with Crippen LogP contribution in [0, 0.1) is 69.0 Å². The molecule has 5 saturated carbocycles. The second kappa shape index (κ2) is 8.15. The van der Waals surface area contributed by atoms with Gasteiger partial charge in [0.05, 0.1) is 13.2 Å². The Labute approximate surface area is 209 Å². The first kappa shape index (κ1) is 23.7. The van der Waals surface area contributed by atoms with Gasteiger partial charge in [0.15, 0.2) is 11.5 Å². The molecule has 1 heterocycles. The molecule has 0 bridgehead atoms. The molecule has 3 unspecified atom stereocenters. The molecule has 1 N–H and O–H groups in total. The van der Waals surface area contributed by atoms with Crippen LogP contribution in [0.2, 0.25) is 0 Å². The average molecular weight is 480 g/mol. The minimum Gasteiger partial charge on any atom is -0.396 e. The van der Waals surface area contributed by atoms with Gasteiger partial charge in [-0.25, -0.2) is 0 Å². The molecule has 5 fully saturated rings. The predicted molar refractivity (Wildman–Crippen MR) is 131 cm³/mol. The molecule has 0 saturated heterocycles. The van der Waals surface area contributed by atoms with Crippen LogP contribution < -0.4 is 0 Å². The number of aliphatic hydroxyl groups excluding tert-OH is 1. The van der Waals surface area contributed by atoms with Crippen molar-refractivity contribution in [2.24, 2.45) is 57.7 Å². The molecule has 0 radical (unpaired) electrons. The van der Waals surface area contributed by atoms with Gasteiger partial charge in [-0.3, -0.25) is 9.48 Å². The highest BCUT2D eigenvalue weighted by atomic mass is 16.5. The fourth-order valence-corrected chi connectivity index (χ4v) is 10.4. The monoisotopic (exact) mass is 479 g/mol. The zero-order valence-electron chi connectivity index (χ0n) is 21.6. The van der Waals surface area contributed by atoms with Gasteiger partial charge in [-0.15, -0.1) is 0 Å². The van der Waals surface area contributed by atoms with Gasteiger partial charge < -0.3 is 9.84 Å². The molecule has 190 valence electrons. The Kier molecular flexibility index (Phi) is 5.51. The van der Waals surface area contributed by atoms with Crippen LogP contribution in [0.15, 0.2) is 12.3 Å². The summed E-state index contributed by atoms with van der Waals surface area (Å²) in [6.07, 6.45) is 11.2. The SMILES string of the molecule is COC[C@]12CC[C@@](C)(CO)C[C@H]1CC[C@@H]1[C@@H]2CC[C@]2(C)C(C(=O)Cn3ccc(C#N)n3)C3CC3[C@@H]12. The van der Waals surface area contributed by atoms with Crippen LogP contribution in [0.3, 0.4) is 0 Å². The van der Waals surface area contributed by atoms with Crippen molar-refractivity contribution >= 4 is 5.78 Å². The number of nitrogens with zero attached hydrogens (tertiary/aromatic N) is 3. The Morgan fingerprint density at radius 1 is 1.23 bits per heavy atom. The lowest BCUT2D eigenvalue weighted by Crippen LogP contribution is -2.58. The Bertz CT molecular complexity index is 1050. The maximum Gasteiger partial charge on any atom is 0.162 e. The van der Waals surface area contributed by atoms with E-state index in [4.69, 9.17) is 10.00 Å². The van der Waals surface area contributed by atoms with E-state index >= 15 is 0 Å². The van der Waals surface area contributed by atoms with Crippen LogP contribution in [-0.4, -0.2) is 41.0 Å². The van der Waals surface area contributed by atoms with Crippen molar-refractivity contribution in [2.45, 2.75) is 71.8 Å². The fourth-order valence-electron chi connectivity index (χ4n) is 10.4. The number of Topliss-reactive ketones (excluding diaryl/α,β-unsaturated/α-hetero) is 1. The topological polar surface area (TPSA) is 88.1 Å². The number of fused-ring (bicyclic) bond motifs is 7. The third-order valence-corrected chi connectivity index (χ3v) is 11.8. The maximum atomic E-state index is 13.7. The highest BCUT2D eigenvalue weighted by Gasteiger charge is 2.72. The molecule has 1 aromatic rings.